The molecule has 5 nitrogen and oxygen atoms in total. The summed E-state index contributed by atoms with van der Waals surface area (Å²) in [6.07, 6.45) is -4.50. The molecule has 27 heavy (non-hydrogen) atoms. The molecule has 0 aliphatic rings. The molecule has 0 aromatic heterocycles. The van der Waals surface area contributed by atoms with Gasteiger partial charge >= 0.3 is 6.18 Å². The molecule has 2 amide bonds. The number of alkyl halides is 3. The Bertz CT molecular complexity index is 854. The van der Waals surface area contributed by atoms with Gasteiger partial charge in [0.05, 0.1) is 16.1 Å². The number of nitrogens with zero attached hydrogens (tertiary/aromatic N) is 1. The fourth-order valence-corrected chi connectivity index (χ4v) is 2.38. The first-order valence-electron chi connectivity index (χ1n) is 7.69. The standard InChI is InChI=1S/C18H16ClF3N2O3/c1-24(2)17(26)14-7-6-12(9-15(14)19)23-16(25)10-27-13-5-3-4-11(8-13)18(20,21)22/h3-9H,10H2,1-2H3,(H,23,25). The number of ether oxygens (including phenoxy) is 1. The van der Waals surface area contributed by atoms with Gasteiger partial charge in [-0.2, -0.15) is 13.2 Å². The number of benzene rings is 2. The van der Waals surface area contributed by atoms with Crippen molar-refractivity contribution in [3.63, 3.8) is 0 Å². The number of hydrogen-bond donors (Lipinski definition) is 1. The predicted molar refractivity (Wildman–Crippen MR) is 95.0 cm³/mol. The van der Waals surface area contributed by atoms with Crippen molar-refractivity contribution in [2.24, 2.45) is 0 Å². The molecule has 0 bridgehead atoms. The van der Waals surface area contributed by atoms with Crippen LogP contribution < -0.4 is 10.1 Å². The third kappa shape index (κ3) is 5.62. The van der Waals surface area contributed by atoms with E-state index in [1.807, 2.05) is 0 Å². The first-order valence-corrected chi connectivity index (χ1v) is 8.07. The van der Waals surface area contributed by atoms with E-state index in [4.69, 9.17) is 16.3 Å². The van der Waals surface area contributed by atoms with E-state index >= 15 is 0 Å². The van der Waals surface area contributed by atoms with E-state index in [9.17, 15) is 22.8 Å². The highest BCUT2D eigenvalue weighted by molar-refractivity contribution is 6.34. The van der Waals surface area contributed by atoms with E-state index in [1.165, 1.54) is 35.2 Å². The van der Waals surface area contributed by atoms with Gasteiger partial charge in [-0.15, -0.1) is 0 Å². The Balaban J connectivity index is 1.98. The van der Waals surface area contributed by atoms with Crippen LogP contribution in [0.2, 0.25) is 5.02 Å². The summed E-state index contributed by atoms with van der Waals surface area (Å²) in [7, 11) is 3.17. The number of halogens is 4. The molecule has 9 heteroatoms. The normalized spacial score (nSPS) is 11.0. The molecule has 0 saturated heterocycles. The van der Waals surface area contributed by atoms with Gasteiger partial charge in [0.15, 0.2) is 6.61 Å². The molecule has 2 aromatic rings. The Kier molecular flexibility index (Phi) is 6.32. The zero-order valence-electron chi connectivity index (χ0n) is 14.4. The van der Waals surface area contributed by atoms with Crippen LogP contribution in [-0.4, -0.2) is 37.4 Å². The van der Waals surface area contributed by atoms with E-state index in [0.29, 0.717) is 5.69 Å². The SMILES string of the molecule is CN(C)C(=O)c1ccc(NC(=O)COc2cccc(C(F)(F)F)c2)cc1Cl. The first kappa shape index (κ1) is 20.6. The fraction of sp³-hybridized carbons (Fsp3) is 0.222. The Morgan fingerprint density at radius 1 is 1.15 bits per heavy atom. The number of nitrogens with one attached hydrogen (secondary N) is 1. The maximum absolute atomic E-state index is 12.7. The Morgan fingerprint density at radius 2 is 1.85 bits per heavy atom. The summed E-state index contributed by atoms with van der Waals surface area (Å²) in [4.78, 5) is 25.2. The van der Waals surface area contributed by atoms with Crippen molar-refractivity contribution in [2.75, 3.05) is 26.0 Å². The second kappa shape index (κ2) is 8.30. The summed E-state index contributed by atoms with van der Waals surface area (Å²) < 4.78 is 43.1. The lowest BCUT2D eigenvalue weighted by molar-refractivity contribution is -0.137. The average Bonchev–Trinajstić information content (AvgIpc) is 2.59. The van der Waals surface area contributed by atoms with Crippen LogP contribution >= 0.6 is 11.6 Å². The molecule has 0 saturated carbocycles. The van der Waals surface area contributed by atoms with Crippen LogP contribution in [0.1, 0.15) is 15.9 Å². The number of amides is 2. The van der Waals surface area contributed by atoms with Gasteiger partial charge in [0, 0.05) is 19.8 Å². The molecule has 0 aliphatic carbocycles. The Labute approximate surface area is 158 Å². The Morgan fingerprint density at radius 3 is 2.44 bits per heavy atom. The van der Waals surface area contributed by atoms with Crippen LogP contribution in [0, 0.1) is 0 Å². The largest absolute Gasteiger partial charge is 0.484 e. The van der Waals surface area contributed by atoms with Crippen LogP contribution in [0.15, 0.2) is 42.5 Å². The molecule has 0 atom stereocenters. The molecule has 2 rings (SSSR count). The lowest BCUT2D eigenvalue weighted by Crippen LogP contribution is -2.22. The highest BCUT2D eigenvalue weighted by Gasteiger charge is 2.30. The minimum atomic E-state index is -4.50. The second-order valence-electron chi connectivity index (χ2n) is 5.76. The van der Waals surface area contributed by atoms with Gasteiger partial charge in [-0.3, -0.25) is 9.59 Å². The van der Waals surface area contributed by atoms with Crippen molar-refractivity contribution in [2.45, 2.75) is 6.18 Å². The number of rotatable bonds is 5. The number of carbonyl (C=O) groups is 2. The maximum atomic E-state index is 12.7. The highest BCUT2D eigenvalue weighted by Crippen LogP contribution is 2.31. The van der Waals surface area contributed by atoms with Crippen molar-refractivity contribution < 1.29 is 27.5 Å². The molecule has 0 radical (unpaired) electrons. The predicted octanol–water partition coefficient (Wildman–Crippen LogP) is 4.08. The van der Waals surface area contributed by atoms with E-state index in [0.717, 1.165) is 12.1 Å². The molecular weight excluding hydrogens is 385 g/mol. The van der Waals surface area contributed by atoms with Gasteiger partial charge in [-0.05, 0) is 36.4 Å². The monoisotopic (exact) mass is 400 g/mol. The smallest absolute Gasteiger partial charge is 0.416 e. The first-order chi connectivity index (χ1) is 12.6. The highest BCUT2D eigenvalue weighted by atomic mass is 35.5. The third-order valence-electron chi connectivity index (χ3n) is 3.42. The number of carbonyl (C=O) groups excluding carboxylic acids is 2. The van der Waals surface area contributed by atoms with Crippen LogP contribution in [-0.2, 0) is 11.0 Å². The second-order valence-corrected chi connectivity index (χ2v) is 6.16. The zero-order valence-corrected chi connectivity index (χ0v) is 15.2. The summed E-state index contributed by atoms with van der Waals surface area (Å²) in [5, 5.41) is 2.66. The van der Waals surface area contributed by atoms with Crippen molar-refractivity contribution >= 4 is 29.1 Å². The zero-order chi connectivity index (χ0) is 20.2. The van der Waals surface area contributed by atoms with Crippen molar-refractivity contribution in [1.82, 2.24) is 4.90 Å². The summed E-state index contributed by atoms with van der Waals surface area (Å²) in [6, 6.07) is 8.59. The average molecular weight is 401 g/mol. The van der Waals surface area contributed by atoms with Gasteiger partial charge in [0.1, 0.15) is 5.75 Å². The molecule has 0 heterocycles. The number of hydrogen-bond acceptors (Lipinski definition) is 3. The summed E-state index contributed by atoms with van der Waals surface area (Å²) in [5.41, 5.74) is -0.263. The lowest BCUT2D eigenvalue weighted by atomic mass is 10.2. The van der Waals surface area contributed by atoms with Gasteiger partial charge in [0.25, 0.3) is 11.8 Å². The van der Waals surface area contributed by atoms with Crippen molar-refractivity contribution in [1.29, 1.82) is 0 Å². The Hall–Kier alpha value is -2.74. The van der Waals surface area contributed by atoms with E-state index < -0.39 is 24.3 Å². The van der Waals surface area contributed by atoms with Gasteiger partial charge in [-0.1, -0.05) is 17.7 Å². The molecule has 2 aromatic carbocycles. The van der Waals surface area contributed by atoms with E-state index in [1.54, 1.807) is 14.1 Å². The maximum Gasteiger partial charge on any atom is 0.416 e. The van der Waals surface area contributed by atoms with Crippen molar-refractivity contribution in [3.05, 3.63) is 58.6 Å². The van der Waals surface area contributed by atoms with Gasteiger partial charge in [0.2, 0.25) is 0 Å². The van der Waals surface area contributed by atoms with Crippen LogP contribution in [0.5, 0.6) is 5.75 Å². The quantitative estimate of drug-likeness (QED) is 0.822. The molecule has 1 N–H and O–H groups in total. The molecule has 0 unspecified atom stereocenters. The minimum Gasteiger partial charge on any atom is -0.484 e. The van der Waals surface area contributed by atoms with Crippen LogP contribution in [0.3, 0.4) is 0 Å². The third-order valence-corrected chi connectivity index (χ3v) is 3.73. The number of anilines is 1. The lowest BCUT2D eigenvalue weighted by Gasteiger charge is -2.13. The molecule has 0 aliphatic heterocycles. The van der Waals surface area contributed by atoms with Crippen molar-refractivity contribution in [3.8, 4) is 5.75 Å². The topological polar surface area (TPSA) is 58.6 Å². The molecule has 144 valence electrons. The van der Waals surface area contributed by atoms with Gasteiger partial charge < -0.3 is 15.0 Å². The van der Waals surface area contributed by atoms with E-state index in [2.05, 4.69) is 5.32 Å². The fourth-order valence-electron chi connectivity index (χ4n) is 2.12. The van der Waals surface area contributed by atoms with Gasteiger partial charge in [-0.25, -0.2) is 0 Å². The molecule has 0 fully saturated rings. The molecular formula is C18H16ClF3N2O3. The summed E-state index contributed by atoms with van der Waals surface area (Å²) in [5.74, 6) is -0.953. The van der Waals surface area contributed by atoms with E-state index in [-0.39, 0.29) is 22.2 Å². The summed E-state index contributed by atoms with van der Waals surface area (Å²) >= 11 is 6.05. The van der Waals surface area contributed by atoms with Crippen LogP contribution in [0.25, 0.3) is 0 Å². The molecule has 0 spiro atoms. The summed E-state index contributed by atoms with van der Waals surface area (Å²) in [6.45, 7) is -0.489. The minimum absolute atomic E-state index is 0.0788. The van der Waals surface area contributed by atoms with Crippen LogP contribution in [0.4, 0.5) is 18.9 Å².